The van der Waals surface area contributed by atoms with Crippen LogP contribution in [0.3, 0.4) is 0 Å². The van der Waals surface area contributed by atoms with E-state index in [0.29, 0.717) is 12.0 Å². The Bertz CT molecular complexity index is 499. The van der Waals surface area contributed by atoms with E-state index in [0.717, 1.165) is 5.92 Å². The lowest BCUT2D eigenvalue weighted by Crippen LogP contribution is -2.48. The standard InChI is InChI=1S/C19H30N2/c1-13-11-19(20)10-9-14(12-19)17(13)21-16-7-5-15(6-8-16)18(2,3)4/h5-8,13-14,17,21H,9-12,20H2,1-4H3. The molecule has 2 aliphatic rings. The Morgan fingerprint density at radius 3 is 2.43 bits per heavy atom. The zero-order valence-electron chi connectivity index (χ0n) is 13.9. The molecule has 0 saturated heterocycles. The van der Waals surface area contributed by atoms with Gasteiger partial charge in [0, 0.05) is 17.3 Å². The van der Waals surface area contributed by atoms with Crippen LogP contribution >= 0.6 is 0 Å². The number of rotatable bonds is 2. The van der Waals surface area contributed by atoms with Gasteiger partial charge in [0.1, 0.15) is 0 Å². The monoisotopic (exact) mass is 286 g/mol. The number of benzene rings is 1. The van der Waals surface area contributed by atoms with E-state index in [1.807, 2.05) is 0 Å². The van der Waals surface area contributed by atoms with Crippen LogP contribution in [-0.4, -0.2) is 11.6 Å². The maximum absolute atomic E-state index is 6.49. The van der Waals surface area contributed by atoms with Crippen LogP contribution in [0.25, 0.3) is 0 Å². The van der Waals surface area contributed by atoms with Gasteiger partial charge in [0.2, 0.25) is 0 Å². The molecule has 2 bridgehead atoms. The summed E-state index contributed by atoms with van der Waals surface area (Å²) in [5.74, 6) is 1.42. The molecule has 0 spiro atoms. The van der Waals surface area contributed by atoms with Crippen molar-refractivity contribution >= 4 is 5.69 Å². The van der Waals surface area contributed by atoms with Crippen LogP contribution in [0.4, 0.5) is 5.69 Å². The summed E-state index contributed by atoms with van der Waals surface area (Å²) >= 11 is 0. The fourth-order valence-corrected chi connectivity index (χ4v) is 4.44. The minimum atomic E-state index is 0.137. The van der Waals surface area contributed by atoms with Crippen LogP contribution in [0.15, 0.2) is 24.3 Å². The molecule has 0 aromatic heterocycles. The molecule has 2 aliphatic carbocycles. The molecule has 4 atom stereocenters. The number of nitrogens with two attached hydrogens (primary N) is 1. The fourth-order valence-electron chi connectivity index (χ4n) is 4.44. The van der Waals surface area contributed by atoms with Crippen LogP contribution in [0.2, 0.25) is 0 Å². The van der Waals surface area contributed by atoms with E-state index in [2.05, 4.69) is 57.3 Å². The number of hydrogen-bond acceptors (Lipinski definition) is 2. The molecule has 2 fully saturated rings. The summed E-state index contributed by atoms with van der Waals surface area (Å²) in [6, 6.07) is 9.60. The smallest absolute Gasteiger partial charge is 0.0342 e. The van der Waals surface area contributed by atoms with Gasteiger partial charge in [-0.3, -0.25) is 0 Å². The van der Waals surface area contributed by atoms with E-state index in [-0.39, 0.29) is 11.0 Å². The topological polar surface area (TPSA) is 38.0 Å². The van der Waals surface area contributed by atoms with Crippen LogP contribution < -0.4 is 11.1 Å². The SMILES string of the molecule is CC1CC2(N)CCC(C2)C1Nc1ccc(C(C)(C)C)cc1. The summed E-state index contributed by atoms with van der Waals surface area (Å²) in [5.41, 5.74) is 9.50. The van der Waals surface area contributed by atoms with Crippen molar-refractivity contribution in [2.24, 2.45) is 17.6 Å². The minimum absolute atomic E-state index is 0.137. The molecule has 0 radical (unpaired) electrons. The Hall–Kier alpha value is -1.02. The Kier molecular flexibility index (Phi) is 3.56. The minimum Gasteiger partial charge on any atom is -0.382 e. The largest absolute Gasteiger partial charge is 0.382 e. The average molecular weight is 286 g/mol. The molecule has 4 unspecified atom stereocenters. The van der Waals surface area contributed by atoms with E-state index >= 15 is 0 Å². The van der Waals surface area contributed by atoms with Gasteiger partial charge in [0.05, 0.1) is 0 Å². The predicted molar refractivity (Wildman–Crippen MR) is 90.6 cm³/mol. The maximum Gasteiger partial charge on any atom is 0.0342 e. The van der Waals surface area contributed by atoms with Gasteiger partial charge in [-0.05, 0) is 60.6 Å². The highest BCUT2D eigenvalue weighted by molar-refractivity contribution is 5.47. The highest BCUT2D eigenvalue weighted by Gasteiger charge is 2.47. The molecule has 0 aliphatic heterocycles. The molecule has 21 heavy (non-hydrogen) atoms. The summed E-state index contributed by atoms with van der Waals surface area (Å²) in [4.78, 5) is 0. The summed E-state index contributed by atoms with van der Waals surface area (Å²) in [6.07, 6.45) is 4.87. The van der Waals surface area contributed by atoms with Gasteiger partial charge in [0.15, 0.2) is 0 Å². The van der Waals surface area contributed by atoms with Crippen LogP contribution in [0, 0.1) is 11.8 Å². The van der Waals surface area contributed by atoms with Gasteiger partial charge in [0.25, 0.3) is 0 Å². The van der Waals surface area contributed by atoms with Crippen molar-refractivity contribution in [3.05, 3.63) is 29.8 Å². The number of fused-ring (bicyclic) bond motifs is 2. The van der Waals surface area contributed by atoms with E-state index in [9.17, 15) is 0 Å². The van der Waals surface area contributed by atoms with Crippen LogP contribution in [-0.2, 0) is 5.41 Å². The third-order valence-electron chi connectivity index (χ3n) is 5.62. The predicted octanol–water partition coefficient (Wildman–Crippen LogP) is 4.30. The van der Waals surface area contributed by atoms with E-state index in [1.54, 1.807) is 0 Å². The zero-order valence-corrected chi connectivity index (χ0v) is 13.9. The van der Waals surface area contributed by atoms with Crippen molar-refractivity contribution < 1.29 is 0 Å². The van der Waals surface area contributed by atoms with Gasteiger partial charge in [-0.25, -0.2) is 0 Å². The van der Waals surface area contributed by atoms with Crippen molar-refractivity contribution in [3.63, 3.8) is 0 Å². The molecule has 2 heteroatoms. The van der Waals surface area contributed by atoms with Gasteiger partial charge < -0.3 is 11.1 Å². The molecule has 3 rings (SSSR count). The summed E-state index contributed by atoms with van der Waals surface area (Å²) < 4.78 is 0. The van der Waals surface area contributed by atoms with Crippen molar-refractivity contribution in [2.45, 2.75) is 70.4 Å². The first-order valence-electron chi connectivity index (χ1n) is 8.43. The average Bonchev–Trinajstić information content (AvgIpc) is 2.72. The molecule has 3 N–H and O–H groups in total. The first kappa shape index (κ1) is 14.9. The Morgan fingerprint density at radius 1 is 1.14 bits per heavy atom. The van der Waals surface area contributed by atoms with Crippen LogP contribution in [0.1, 0.15) is 58.9 Å². The normalized spacial score (nSPS) is 35.8. The molecule has 1 aromatic rings. The quantitative estimate of drug-likeness (QED) is 0.850. The molecule has 0 heterocycles. The highest BCUT2D eigenvalue weighted by atomic mass is 15.0. The highest BCUT2D eigenvalue weighted by Crippen LogP contribution is 2.47. The van der Waals surface area contributed by atoms with Crippen molar-refractivity contribution in [1.29, 1.82) is 0 Å². The number of hydrogen-bond donors (Lipinski definition) is 2. The second kappa shape index (κ2) is 5.01. The summed E-state index contributed by atoms with van der Waals surface area (Å²) in [6.45, 7) is 9.15. The first-order chi connectivity index (χ1) is 9.77. The third-order valence-corrected chi connectivity index (χ3v) is 5.62. The molecule has 2 saturated carbocycles. The second-order valence-electron chi connectivity index (χ2n) is 8.54. The van der Waals surface area contributed by atoms with Gasteiger partial charge in [-0.1, -0.05) is 39.8 Å². The van der Waals surface area contributed by atoms with Crippen molar-refractivity contribution in [3.8, 4) is 0 Å². The maximum atomic E-state index is 6.49. The second-order valence-corrected chi connectivity index (χ2v) is 8.54. The third kappa shape index (κ3) is 2.96. The molecule has 2 nitrogen and oxygen atoms in total. The van der Waals surface area contributed by atoms with Gasteiger partial charge in [-0.2, -0.15) is 0 Å². The lowest BCUT2D eigenvalue weighted by Gasteiger charge is -2.40. The Labute approximate surface area is 129 Å². The van der Waals surface area contributed by atoms with Crippen molar-refractivity contribution in [2.75, 3.05) is 5.32 Å². The molecular weight excluding hydrogens is 256 g/mol. The molecule has 1 aromatic carbocycles. The lowest BCUT2D eigenvalue weighted by atomic mass is 9.74. The number of anilines is 1. The Morgan fingerprint density at radius 2 is 1.81 bits per heavy atom. The summed E-state index contributed by atoms with van der Waals surface area (Å²) in [7, 11) is 0. The molecule has 116 valence electrons. The fraction of sp³-hybridized carbons (Fsp3) is 0.684. The van der Waals surface area contributed by atoms with Crippen molar-refractivity contribution in [1.82, 2.24) is 0 Å². The van der Waals surface area contributed by atoms with Gasteiger partial charge >= 0.3 is 0 Å². The van der Waals surface area contributed by atoms with E-state index in [4.69, 9.17) is 5.73 Å². The van der Waals surface area contributed by atoms with E-state index < -0.39 is 0 Å². The molecular formula is C19H30N2. The van der Waals surface area contributed by atoms with Gasteiger partial charge in [-0.15, -0.1) is 0 Å². The van der Waals surface area contributed by atoms with E-state index in [1.165, 1.54) is 36.9 Å². The lowest BCUT2D eigenvalue weighted by molar-refractivity contribution is 0.220. The number of nitrogens with one attached hydrogen (secondary N) is 1. The summed E-state index contributed by atoms with van der Waals surface area (Å²) in [5, 5.41) is 3.80. The molecule has 0 amide bonds. The zero-order chi connectivity index (χ0) is 15.3. The Balaban J connectivity index is 1.72. The first-order valence-corrected chi connectivity index (χ1v) is 8.43. The van der Waals surface area contributed by atoms with Crippen LogP contribution in [0.5, 0.6) is 0 Å².